The van der Waals surface area contributed by atoms with E-state index in [4.69, 9.17) is 0 Å². The quantitative estimate of drug-likeness (QED) is 0.576. The Morgan fingerprint density at radius 1 is 0.885 bits per heavy atom. The van der Waals surface area contributed by atoms with Crippen LogP contribution in [0.1, 0.15) is 24.0 Å². The lowest BCUT2D eigenvalue weighted by Gasteiger charge is -2.41. The number of fused-ring (bicyclic) bond motifs is 1. The first-order valence-electron chi connectivity index (χ1n) is 8.95. The van der Waals surface area contributed by atoms with Crippen LogP contribution in [-0.2, 0) is 6.54 Å². The van der Waals surface area contributed by atoms with Gasteiger partial charge in [-0.3, -0.25) is 0 Å². The molecule has 1 aliphatic heterocycles. The van der Waals surface area contributed by atoms with Crippen molar-refractivity contribution in [3.8, 4) is 6.07 Å². The molecule has 4 rings (SSSR count). The van der Waals surface area contributed by atoms with E-state index in [-0.39, 0.29) is 0 Å². The second-order valence-electron chi connectivity index (χ2n) is 6.63. The van der Waals surface area contributed by atoms with Crippen LogP contribution in [0.4, 0.5) is 5.69 Å². The Hall–Kier alpha value is -2.35. The molecule has 130 valence electrons. The number of hydrogen-bond acceptors (Lipinski definition) is 3. The Labute approximate surface area is 162 Å². The zero-order valence-electron chi connectivity index (χ0n) is 14.5. The minimum atomic E-state index is 0.737. The molecular weight excluding hydrogens is 386 g/mol. The Balaban J connectivity index is 1.72. The van der Waals surface area contributed by atoms with E-state index >= 15 is 0 Å². The van der Waals surface area contributed by atoms with Gasteiger partial charge in [0.05, 0.1) is 17.3 Å². The third kappa shape index (κ3) is 3.33. The Kier molecular flexibility index (Phi) is 4.92. The van der Waals surface area contributed by atoms with Gasteiger partial charge in [0.1, 0.15) is 0 Å². The summed E-state index contributed by atoms with van der Waals surface area (Å²) in [5.74, 6) is 0. The molecule has 1 aliphatic rings. The molecule has 0 radical (unpaired) electrons. The van der Waals surface area contributed by atoms with Crippen LogP contribution < -0.4 is 5.01 Å². The van der Waals surface area contributed by atoms with Crippen LogP contribution in [0.25, 0.3) is 10.8 Å². The van der Waals surface area contributed by atoms with Gasteiger partial charge in [-0.1, -0.05) is 52.3 Å². The maximum atomic E-state index is 9.43. The van der Waals surface area contributed by atoms with Gasteiger partial charge in [0, 0.05) is 34.9 Å². The van der Waals surface area contributed by atoms with Crippen molar-refractivity contribution in [2.75, 3.05) is 18.1 Å². The van der Waals surface area contributed by atoms with Gasteiger partial charge in [0.2, 0.25) is 0 Å². The average Bonchev–Trinajstić information content (AvgIpc) is 2.69. The van der Waals surface area contributed by atoms with E-state index in [2.05, 4.69) is 74.5 Å². The summed E-state index contributed by atoms with van der Waals surface area (Å²) in [6.45, 7) is 2.94. The third-order valence-corrected chi connectivity index (χ3v) is 5.48. The van der Waals surface area contributed by atoms with Crippen LogP contribution in [0, 0.1) is 11.3 Å². The van der Waals surface area contributed by atoms with Gasteiger partial charge in [0.15, 0.2) is 0 Å². The summed E-state index contributed by atoms with van der Waals surface area (Å²) in [6.07, 6.45) is 2.40. The number of nitrogens with zero attached hydrogens (tertiary/aromatic N) is 3. The highest BCUT2D eigenvalue weighted by Crippen LogP contribution is 2.32. The average molecular weight is 406 g/mol. The van der Waals surface area contributed by atoms with E-state index in [1.165, 1.54) is 24.1 Å². The summed E-state index contributed by atoms with van der Waals surface area (Å²) in [5, 5.41) is 16.4. The molecule has 0 spiro atoms. The monoisotopic (exact) mass is 405 g/mol. The minimum Gasteiger partial charge on any atom is -0.305 e. The standard InChI is InChI=1S/C22H20BrN3/c23-19-10-7-17(8-11-19)16-25-13-3-4-14-26(25)22-12-9-18(15-24)20-5-1-2-6-21(20)22/h1-2,5-12H,3-4,13-14,16H2. The molecule has 1 saturated heterocycles. The van der Waals surface area contributed by atoms with Gasteiger partial charge in [-0.05, 0) is 42.7 Å². The number of halogens is 1. The highest BCUT2D eigenvalue weighted by atomic mass is 79.9. The van der Waals surface area contributed by atoms with Crippen molar-refractivity contribution in [1.82, 2.24) is 5.01 Å². The molecule has 0 bridgehead atoms. The third-order valence-electron chi connectivity index (χ3n) is 4.96. The van der Waals surface area contributed by atoms with Gasteiger partial charge >= 0.3 is 0 Å². The van der Waals surface area contributed by atoms with Crippen LogP contribution in [0.3, 0.4) is 0 Å². The Bertz CT molecular complexity index is 959. The Morgan fingerprint density at radius 2 is 1.62 bits per heavy atom. The normalized spacial score (nSPS) is 15.2. The van der Waals surface area contributed by atoms with E-state index in [9.17, 15) is 5.26 Å². The number of rotatable bonds is 3. The summed E-state index contributed by atoms with van der Waals surface area (Å²) in [4.78, 5) is 0. The van der Waals surface area contributed by atoms with Crippen molar-refractivity contribution in [2.24, 2.45) is 0 Å². The van der Waals surface area contributed by atoms with Crippen LogP contribution >= 0.6 is 15.9 Å². The molecule has 0 amide bonds. The van der Waals surface area contributed by atoms with E-state index in [1.807, 2.05) is 18.2 Å². The molecule has 0 N–H and O–H groups in total. The first-order chi connectivity index (χ1) is 12.8. The first kappa shape index (κ1) is 17.1. The number of hydrogen-bond donors (Lipinski definition) is 0. The van der Waals surface area contributed by atoms with E-state index in [0.717, 1.165) is 40.4 Å². The molecule has 3 aromatic carbocycles. The van der Waals surface area contributed by atoms with E-state index in [0.29, 0.717) is 0 Å². The molecule has 4 heteroatoms. The lowest BCUT2D eigenvalue weighted by atomic mass is 10.0. The number of anilines is 1. The first-order valence-corrected chi connectivity index (χ1v) is 9.74. The molecule has 0 atom stereocenters. The molecule has 26 heavy (non-hydrogen) atoms. The van der Waals surface area contributed by atoms with Crippen LogP contribution in [0.15, 0.2) is 65.1 Å². The molecule has 0 aliphatic carbocycles. The fourth-order valence-corrected chi connectivity index (χ4v) is 3.93. The summed E-state index contributed by atoms with van der Waals surface area (Å²) < 4.78 is 1.11. The van der Waals surface area contributed by atoms with E-state index < -0.39 is 0 Å². The summed E-state index contributed by atoms with van der Waals surface area (Å²) >= 11 is 3.51. The molecule has 0 aromatic heterocycles. The summed E-state index contributed by atoms with van der Waals surface area (Å²) in [5.41, 5.74) is 3.23. The SMILES string of the molecule is N#Cc1ccc(N2CCCCN2Cc2ccc(Br)cc2)c2ccccc12. The van der Waals surface area contributed by atoms with Crippen molar-refractivity contribution < 1.29 is 0 Å². The molecule has 0 unspecified atom stereocenters. The van der Waals surface area contributed by atoms with Crippen molar-refractivity contribution >= 4 is 32.4 Å². The van der Waals surface area contributed by atoms with Crippen LogP contribution in [0.5, 0.6) is 0 Å². The van der Waals surface area contributed by atoms with Gasteiger partial charge in [-0.25, -0.2) is 5.01 Å². The maximum Gasteiger partial charge on any atom is 0.0998 e. The molecule has 3 nitrogen and oxygen atoms in total. The maximum absolute atomic E-state index is 9.43. The van der Waals surface area contributed by atoms with E-state index in [1.54, 1.807) is 0 Å². The summed E-state index contributed by atoms with van der Waals surface area (Å²) in [6, 6.07) is 23.1. The number of benzene rings is 3. The largest absolute Gasteiger partial charge is 0.305 e. The zero-order valence-corrected chi connectivity index (χ0v) is 16.1. The summed E-state index contributed by atoms with van der Waals surface area (Å²) in [7, 11) is 0. The fraction of sp³-hybridized carbons (Fsp3) is 0.227. The van der Waals surface area contributed by atoms with Gasteiger partial charge in [-0.2, -0.15) is 5.26 Å². The molecule has 3 aromatic rings. The highest BCUT2D eigenvalue weighted by molar-refractivity contribution is 9.10. The lowest BCUT2D eigenvalue weighted by Crippen LogP contribution is -2.47. The molecule has 1 heterocycles. The lowest BCUT2D eigenvalue weighted by molar-refractivity contribution is 0.205. The molecule has 1 fully saturated rings. The Morgan fingerprint density at radius 3 is 2.38 bits per heavy atom. The second kappa shape index (κ2) is 7.49. The smallest absolute Gasteiger partial charge is 0.0998 e. The van der Waals surface area contributed by atoms with Gasteiger partial charge in [-0.15, -0.1) is 0 Å². The van der Waals surface area contributed by atoms with Crippen molar-refractivity contribution in [3.63, 3.8) is 0 Å². The van der Waals surface area contributed by atoms with Crippen LogP contribution in [0.2, 0.25) is 0 Å². The zero-order chi connectivity index (χ0) is 17.9. The second-order valence-corrected chi connectivity index (χ2v) is 7.55. The van der Waals surface area contributed by atoms with Crippen molar-refractivity contribution in [2.45, 2.75) is 19.4 Å². The van der Waals surface area contributed by atoms with Gasteiger partial charge < -0.3 is 5.01 Å². The highest BCUT2D eigenvalue weighted by Gasteiger charge is 2.22. The minimum absolute atomic E-state index is 0.737. The van der Waals surface area contributed by atoms with Crippen molar-refractivity contribution in [1.29, 1.82) is 5.26 Å². The fourth-order valence-electron chi connectivity index (χ4n) is 3.66. The molecular formula is C22H20BrN3. The predicted molar refractivity (Wildman–Crippen MR) is 110 cm³/mol. The molecule has 0 saturated carbocycles. The predicted octanol–water partition coefficient (Wildman–Crippen LogP) is 5.49. The number of nitriles is 1. The van der Waals surface area contributed by atoms with Crippen LogP contribution in [-0.4, -0.2) is 18.1 Å². The topological polar surface area (TPSA) is 30.3 Å². The van der Waals surface area contributed by atoms with Gasteiger partial charge in [0.25, 0.3) is 0 Å². The van der Waals surface area contributed by atoms with Crippen molar-refractivity contribution in [3.05, 3.63) is 76.3 Å². The number of hydrazine groups is 1.